The van der Waals surface area contributed by atoms with Gasteiger partial charge in [0, 0.05) is 18.6 Å². The van der Waals surface area contributed by atoms with E-state index < -0.39 is 0 Å². The van der Waals surface area contributed by atoms with E-state index in [2.05, 4.69) is 15.6 Å². The zero-order valence-electron chi connectivity index (χ0n) is 13.9. The molecule has 0 aliphatic heterocycles. The largest absolute Gasteiger partial charge is 0.505 e. The van der Waals surface area contributed by atoms with Crippen LogP contribution in [0.1, 0.15) is 21.5 Å². The monoisotopic (exact) mass is 369 g/mol. The van der Waals surface area contributed by atoms with E-state index in [1.54, 1.807) is 25.4 Å². The van der Waals surface area contributed by atoms with E-state index in [0.717, 1.165) is 11.1 Å². The molecule has 0 radical (unpaired) electrons. The third-order valence-electron chi connectivity index (χ3n) is 3.96. The van der Waals surface area contributed by atoms with Crippen LogP contribution in [0.25, 0.3) is 10.9 Å². The van der Waals surface area contributed by atoms with Crippen molar-refractivity contribution in [3.63, 3.8) is 0 Å². The van der Waals surface area contributed by atoms with Crippen molar-refractivity contribution in [2.45, 2.75) is 6.42 Å². The number of hydrogen-bond donors (Lipinski definition) is 3. The van der Waals surface area contributed by atoms with Gasteiger partial charge in [-0.15, -0.1) is 0 Å². The smallest absolute Gasteiger partial charge is 0.170 e. The number of fused-ring (bicyclic) bond motifs is 1. The quantitative estimate of drug-likeness (QED) is 0.372. The fraction of sp³-hybridized carbons (Fsp3) is 0.105. The van der Waals surface area contributed by atoms with Gasteiger partial charge in [-0.05, 0) is 54.0 Å². The molecule has 7 heteroatoms. The first-order valence-electron chi connectivity index (χ1n) is 7.84. The van der Waals surface area contributed by atoms with Crippen molar-refractivity contribution in [1.82, 2.24) is 10.3 Å². The number of halogens is 1. The van der Waals surface area contributed by atoms with Crippen LogP contribution in [0.2, 0.25) is 0 Å². The third kappa shape index (κ3) is 3.62. The molecule has 0 spiro atoms. The predicted molar refractivity (Wildman–Crippen MR) is 103 cm³/mol. The molecule has 1 aromatic heterocycles. The molecule has 0 aliphatic rings. The number of carbonyl (C=O) groups is 1. The fourth-order valence-corrected chi connectivity index (χ4v) is 2.76. The van der Waals surface area contributed by atoms with E-state index >= 15 is 0 Å². The summed E-state index contributed by atoms with van der Waals surface area (Å²) < 4.78 is 13.1. The van der Waals surface area contributed by atoms with Crippen molar-refractivity contribution in [2.75, 3.05) is 12.4 Å². The highest BCUT2D eigenvalue weighted by molar-refractivity contribution is 7.80. The van der Waals surface area contributed by atoms with Crippen molar-refractivity contribution < 1.29 is 14.3 Å². The zero-order valence-corrected chi connectivity index (χ0v) is 14.7. The maximum absolute atomic E-state index is 13.1. The molecule has 0 unspecified atom stereocenters. The number of carbonyl (C=O) groups excluding carboxylic acids is 1. The van der Waals surface area contributed by atoms with Gasteiger partial charge in [0.1, 0.15) is 11.3 Å². The highest BCUT2D eigenvalue weighted by atomic mass is 32.1. The lowest BCUT2D eigenvalue weighted by Crippen LogP contribution is -2.24. The Morgan fingerprint density at radius 3 is 2.65 bits per heavy atom. The molecule has 5 nitrogen and oxygen atoms in total. The Labute approximate surface area is 154 Å². The van der Waals surface area contributed by atoms with Crippen LogP contribution in [-0.4, -0.2) is 28.5 Å². The number of phenols is 1. The van der Waals surface area contributed by atoms with E-state index in [4.69, 9.17) is 12.2 Å². The SMILES string of the molecule is CNC(=S)Nc1cc(C=O)c(O)c2ncc(Cc3ccc(F)cc3)cc12. The second-order valence-electron chi connectivity index (χ2n) is 5.73. The molecule has 3 N–H and O–H groups in total. The minimum atomic E-state index is -0.288. The molecule has 0 aliphatic carbocycles. The molecule has 26 heavy (non-hydrogen) atoms. The molecule has 0 amide bonds. The summed E-state index contributed by atoms with van der Waals surface area (Å²) in [6.45, 7) is 0. The minimum absolute atomic E-state index is 0.123. The van der Waals surface area contributed by atoms with Crippen molar-refractivity contribution >= 4 is 40.2 Å². The number of hydrogen-bond acceptors (Lipinski definition) is 4. The van der Waals surface area contributed by atoms with Crippen LogP contribution in [0.5, 0.6) is 5.75 Å². The summed E-state index contributed by atoms with van der Waals surface area (Å²) in [6, 6.07) is 9.62. The van der Waals surface area contributed by atoms with Crippen molar-refractivity contribution in [3.05, 3.63) is 65.1 Å². The molecule has 2 aromatic carbocycles. The number of nitrogens with zero attached hydrogens (tertiary/aromatic N) is 1. The molecular formula is C19H16FN3O2S. The van der Waals surface area contributed by atoms with E-state index in [1.165, 1.54) is 18.2 Å². The molecule has 132 valence electrons. The number of aldehydes is 1. The van der Waals surface area contributed by atoms with E-state index in [1.807, 2.05) is 6.07 Å². The second-order valence-corrected chi connectivity index (χ2v) is 6.14. The summed E-state index contributed by atoms with van der Waals surface area (Å²) in [4.78, 5) is 15.5. The fourth-order valence-electron chi connectivity index (χ4n) is 2.65. The predicted octanol–water partition coefficient (Wildman–Crippen LogP) is 3.40. The third-order valence-corrected chi connectivity index (χ3v) is 4.26. The van der Waals surface area contributed by atoms with Gasteiger partial charge in [-0.3, -0.25) is 9.78 Å². The Hall–Kier alpha value is -3.06. The maximum atomic E-state index is 13.1. The molecule has 1 heterocycles. The highest BCUT2D eigenvalue weighted by Gasteiger charge is 2.14. The summed E-state index contributed by atoms with van der Waals surface area (Å²) in [5.74, 6) is -0.465. The summed E-state index contributed by atoms with van der Waals surface area (Å²) in [6.07, 6.45) is 2.74. The summed E-state index contributed by atoms with van der Waals surface area (Å²) >= 11 is 5.13. The van der Waals surface area contributed by atoms with Crippen molar-refractivity contribution in [2.24, 2.45) is 0 Å². The first kappa shape index (κ1) is 17.8. The number of phenolic OH excluding ortho intramolecular Hbond substituents is 1. The van der Waals surface area contributed by atoms with Crippen LogP contribution >= 0.6 is 12.2 Å². The number of rotatable bonds is 4. The first-order chi connectivity index (χ1) is 12.5. The normalized spacial score (nSPS) is 10.5. The van der Waals surface area contributed by atoms with Gasteiger partial charge in [0.25, 0.3) is 0 Å². The number of aromatic nitrogens is 1. The van der Waals surface area contributed by atoms with Gasteiger partial charge in [0.2, 0.25) is 0 Å². The minimum Gasteiger partial charge on any atom is -0.505 e. The van der Waals surface area contributed by atoms with Crippen LogP contribution in [0.3, 0.4) is 0 Å². The van der Waals surface area contributed by atoms with Crippen molar-refractivity contribution in [3.8, 4) is 5.75 Å². The number of nitrogens with one attached hydrogen (secondary N) is 2. The topological polar surface area (TPSA) is 74.2 Å². The lowest BCUT2D eigenvalue weighted by Gasteiger charge is -2.13. The Balaban J connectivity index is 2.08. The Kier molecular flexibility index (Phi) is 5.09. The Morgan fingerprint density at radius 1 is 1.27 bits per heavy atom. The zero-order chi connectivity index (χ0) is 18.7. The molecule has 0 atom stereocenters. The number of pyridine rings is 1. The van der Waals surface area contributed by atoms with Gasteiger partial charge in [-0.1, -0.05) is 12.1 Å². The standard InChI is InChI=1S/C19H16FN3O2S/c1-21-19(26)23-16-8-13(10-24)18(25)17-15(16)7-12(9-22-17)6-11-2-4-14(20)5-3-11/h2-5,7-10,25H,6H2,1H3,(H2,21,23,26). The lowest BCUT2D eigenvalue weighted by atomic mass is 10.0. The lowest BCUT2D eigenvalue weighted by molar-refractivity contribution is 0.112. The first-order valence-corrected chi connectivity index (χ1v) is 8.25. The Bertz CT molecular complexity index is 990. The summed E-state index contributed by atoms with van der Waals surface area (Å²) in [5, 5.41) is 17.1. The number of anilines is 1. The van der Waals surface area contributed by atoms with Gasteiger partial charge in [-0.2, -0.15) is 0 Å². The number of benzene rings is 2. The van der Waals surface area contributed by atoms with Crippen LogP contribution in [0.4, 0.5) is 10.1 Å². The van der Waals surface area contributed by atoms with E-state index in [-0.39, 0.29) is 17.1 Å². The average Bonchev–Trinajstić information content (AvgIpc) is 2.65. The van der Waals surface area contributed by atoms with Crippen LogP contribution < -0.4 is 10.6 Å². The molecule has 0 bridgehead atoms. The second kappa shape index (κ2) is 7.45. The van der Waals surface area contributed by atoms with E-state index in [0.29, 0.717) is 34.4 Å². The van der Waals surface area contributed by atoms with Crippen molar-refractivity contribution in [1.29, 1.82) is 0 Å². The molecule has 3 rings (SSSR count). The molecule has 0 fully saturated rings. The van der Waals surface area contributed by atoms with Crippen LogP contribution in [0, 0.1) is 5.82 Å². The van der Waals surface area contributed by atoms with Crippen LogP contribution in [-0.2, 0) is 6.42 Å². The molecular weight excluding hydrogens is 353 g/mol. The molecule has 0 saturated heterocycles. The van der Waals surface area contributed by atoms with Gasteiger partial charge in [0.05, 0.1) is 11.3 Å². The number of thiocarbonyl (C=S) groups is 1. The maximum Gasteiger partial charge on any atom is 0.170 e. The summed E-state index contributed by atoms with van der Waals surface area (Å²) in [7, 11) is 1.68. The van der Waals surface area contributed by atoms with Gasteiger partial charge in [0.15, 0.2) is 17.1 Å². The van der Waals surface area contributed by atoms with Gasteiger partial charge < -0.3 is 15.7 Å². The average molecular weight is 369 g/mol. The highest BCUT2D eigenvalue weighted by Crippen LogP contribution is 2.33. The molecule has 0 saturated carbocycles. The van der Waals surface area contributed by atoms with Gasteiger partial charge in [-0.25, -0.2) is 4.39 Å². The van der Waals surface area contributed by atoms with Crippen LogP contribution in [0.15, 0.2) is 42.6 Å². The number of aromatic hydroxyl groups is 1. The Morgan fingerprint density at radius 2 is 2.00 bits per heavy atom. The van der Waals surface area contributed by atoms with Gasteiger partial charge >= 0.3 is 0 Å². The van der Waals surface area contributed by atoms with E-state index in [9.17, 15) is 14.3 Å². The summed E-state index contributed by atoms with van der Waals surface area (Å²) in [5.41, 5.74) is 2.80. The molecule has 3 aromatic rings.